The summed E-state index contributed by atoms with van der Waals surface area (Å²) >= 11 is 0. The first-order valence-electron chi connectivity index (χ1n) is 5.89. The zero-order chi connectivity index (χ0) is 14.5. The van der Waals surface area contributed by atoms with Gasteiger partial charge in [0.1, 0.15) is 6.07 Å². The van der Waals surface area contributed by atoms with Crippen molar-refractivity contribution in [3.05, 3.63) is 36.2 Å². The molecule has 5 heteroatoms. The fourth-order valence-electron chi connectivity index (χ4n) is 1.91. The van der Waals surface area contributed by atoms with Gasteiger partial charge in [0.2, 0.25) is 5.75 Å². The summed E-state index contributed by atoms with van der Waals surface area (Å²) in [5.74, 6) is 1.65. The van der Waals surface area contributed by atoms with Crippen LogP contribution in [0, 0.1) is 11.3 Å². The Morgan fingerprint density at radius 1 is 0.900 bits per heavy atom. The van der Waals surface area contributed by atoms with Crippen molar-refractivity contribution in [2.45, 2.75) is 0 Å². The highest BCUT2D eigenvalue weighted by Crippen LogP contribution is 2.41. The third-order valence-corrected chi connectivity index (χ3v) is 2.87. The minimum atomic E-state index is 0.497. The normalized spacial score (nSPS) is 9.70. The highest BCUT2D eigenvalue weighted by Gasteiger charge is 2.14. The number of hydrogen-bond acceptors (Lipinski definition) is 5. The Hall–Kier alpha value is -2.74. The van der Waals surface area contributed by atoms with Crippen LogP contribution in [0.4, 0.5) is 0 Å². The molecular formula is C15H14N2O3. The Morgan fingerprint density at radius 2 is 1.55 bits per heavy atom. The molecule has 0 saturated carbocycles. The van der Waals surface area contributed by atoms with Crippen LogP contribution >= 0.6 is 0 Å². The lowest BCUT2D eigenvalue weighted by molar-refractivity contribution is 0.324. The maximum absolute atomic E-state index is 8.93. The lowest BCUT2D eigenvalue weighted by Crippen LogP contribution is -1.96. The van der Waals surface area contributed by atoms with Crippen LogP contribution in [0.5, 0.6) is 17.2 Å². The minimum absolute atomic E-state index is 0.497. The quantitative estimate of drug-likeness (QED) is 0.854. The van der Waals surface area contributed by atoms with Crippen LogP contribution in [-0.4, -0.2) is 26.3 Å². The van der Waals surface area contributed by atoms with E-state index in [1.165, 1.54) is 6.20 Å². The van der Waals surface area contributed by atoms with Crippen molar-refractivity contribution in [2.75, 3.05) is 21.3 Å². The molecule has 0 aliphatic carbocycles. The van der Waals surface area contributed by atoms with E-state index in [0.29, 0.717) is 22.8 Å². The van der Waals surface area contributed by atoms with Gasteiger partial charge in [-0.2, -0.15) is 5.26 Å². The standard InChI is InChI=1S/C15H14N2O3/c1-18-13-5-11(6-14(19-2)15(13)20-3)12-4-10(7-16)8-17-9-12/h4-6,8-9H,1-3H3. The number of benzene rings is 1. The van der Waals surface area contributed by atoms with Crippen molar-refractivity contribution < 1.29 is 14.2 Å². The number of rotatable bonds is 4. The van der Waals surface area contributed by atoms with E-state index < -0.39 is 0 Å². The molecular weight excluding hydrogens is 256 g/mol. The molecule has 0 radical (unpaired) electrons. The summed E-state index contributed by atoms with van der Waals surface area (Å²) < 4.78 is 15.9. The first kappa shape index (κ1) is 13.7. The summed E-state index contributed by atoms with van der Waals surface area (Å²) in [6.45, 7) is 0. The second kappa shape index (κ2) is 5.93. The molecule has 1 heterocycles. The second-order valence-corrected chi connectivity index (χ2v) is 3.99. The number of nitriles is 1. The topological polar surface area (TPSA) is 64.4 Å². The van der Waals surface area contributed by atoms with Crippen LogP contribution in [0.2, 0.25) is 0 Å². The zero-order valence-electron chi connectivity index (χ0n) is 11.5. The lowest BCUT2D eigenvalue weighted by Gasteiger charge is -2.14. The van der Waals surface area contributed by atoms with Crippen molar-refractivity contribution in [1.82, 2.24) is 4.98 Å². The first-order valence-corrected chi connectivity index (χ1v) is 5.89. The summed E-state index contributed by atoms with van der Waals surface area (Å²) in [5.41, 5.74) is 2.14. The molecule has 5 nitrogen and oxygen atoms in total. The van der Waals surface area contributed by atoms with Crippen LogP contribution in [0.1, 0.15) is 5.56 Å². The van der Waals surface area contributed by atoms with Crippen LogP contribution in [0.3, 0.4) is 0 Å². The molecule has 1 aromatic carbocycles. The van der Waals surface area contributed by atoms with E-state index in [9.17, 15) is 0 Å². The Labute approximate surface area is 117 Å². The lowest BCUT2D eigenvalue weighted by atomic mass is 10.0. The predicted molar refractivity (Wildman–Crippen MR) is 74.0 cm³/mol. The average Bonchev–Trinajstić information content (AvgIpc) is 2.53. The van der Waals surface area contributed by atoms with Crippen LogP contribution < -0.4 is 14.2 Å². The molecule has 0 fully saturated rings. The molecule has 0 atom stereocenters. The predicted octanol–water partition coefficient (Wildman–Crippen LogP) is 2.65. The maximum atomic E-state index is 8.93. The zero-order valence-corrected chi connectivity index (χ0v) is 11.5. The molecule has 2 rings (SSSR count). The Balaban J connectivity index is 2.60. The highest BCUT2D eigenvalue weighted by atomic mass is 16.5. The fourth-order valence-corrected chi connectivity index (χ4v) is 1.91. The van der Waals surface area contributed by atoms with E-state index >= 15 is 0 Å². The van der Waals surface area contributed by atoms with E-state index in [1.54, 1.807) is 33.6 Å². The molecule has 20 heavy (non-hydrogen) atoms. The summed E-state index contributed by atoms with van der Waals surface area (Å²) in [6.07, 6.45) is 3.20. The monoisotopic (exact) mass is 270 g/mol. The van der Waals surface area contributed by atoms with E-state index in [0.717, 1.165) is 11.1 Å². The van der Waals surface area contributed by atoms with Crippen molar-refractivity contribution in [1.29, 1.82) is 5.26 Å². The van der Waals surface area contributed by atoms with E-state index in [4.69, 9.17) is 19.5 Å². The Bertz CT molecular complexity index is 637. The molecule has 0 unspecified atom stereocenters. The van der Waals surface area contributed by atoms with Gasteiger partial charge in [0.05, 0.1) is 26.9 Å². The molecule has 0 spiro atoms. The number of aromatic nitrogens is 1. The van der Waals surface area contributed by atoms with Gasteiger partial charge < -0.3 is 14.2 Å². The third-order valence-electron chi connectivity index (χ3n) is 2.87. The molecule has 0 saturated heterocycles. The van der Waals surface area contributed by atoms with Gasteiger partial charge in [0.15, 0.2) is 11.5 Å². The average molecular weight is 270 g/mol. The van der Waals surface area contributed by atoms with Gasteiger partial charge in [-0.1, -0.05) is 0 Å². The highest BCUT2D eigenvalue weighted by molar-refractivity contribution is 5.71. The van der Waals surface area contributed by atoms with Crippen molar-refractivity contribution in [2.24, 2.45) is 0 Å². The fraction of sp³-hybridized carbons (Fsp3) is 0.200. The summed E-state index contributed by atoms with van der Waals surface area (Å²) in [7, 11) is 4.67. The number of ether oxygens (including phenoxy) is 3. The molecule has 0 N–H and O–H groups in total. The van der Waals surface area contributed by atoms with E-state index in [2.05, 4.69) is 11.1 Å². The van der Waals surface area contributed by atoms with Gasteiger partial charge in [0, 0.05) is 18.0 Å². The summed E-state index contributed by atoms with van der Waals surface area (Å²) in [5, 5.41) is 8.93. The van der Waals surface area contributed by atoms with Gasteiger partial charge in [-0.3, -0.25) is 4.98 Å². The number of methoxy groups -OCH3 is 3. The molecule has 0 aliphatic rings. The number of pyridine rings is 1. The van der Waals surface area contributed by atoms with E-state index in [-0.39, 0.29) is 0 Å². The van der Waals surface area contributed by atoms with Gasteiger partial charge in [-0.25, -0.2) is 0 Å². The Morgan fingerprint density at radius 3 is 2.05 bits per heavy atom. The molecule has 0 aliphatic heterocycles. The molecule has 0 bridgehead atoms. The first-order chi connectivity index (χ1) is 9.73. The van der Waals surface area contributed by atoms with Crippen molar-refractivity contribution in [3.8, 4) is 34.4 Å². The molecule has 2 aromatic rings. The van der Waals surface area contributed by atoms with Gasteiger partial charge in [-0.15, -0.1) is 0 Å². The van der Waals surface area contributed by atoms with E-state index in [1.807, 2.05) is 12.1 Å². The number of nitrogens with zero attached hydrogens (tertiary/aromatic N) is 2. The van der Waals surface area contributed by atoms with Crippen LogP contribution in [0.15, 0.2) is 30.6 Å². The molecule has 102 valence electrons. The van der Waals surface area contributed by atoms with Crippen LogP contribution in [-0.2, 0) is 0 Å². The SMILES string of the molecule is COc1cc(-c2cncc(C#N)c2)cc(OC)c1OC. The van der Waals surface area contributed by atoms with Crippen LogP contribution in [0.25, 0.3) is 11.1 Å². The maximum Gasteiger partial charge on any atom is 0.203 e. The summed E-state index contributed by atoms with van der Waals surface area (Å²) in [4.78, 5) is 4.05. The molecule has 0 amide bonds. The largest absolute Gasteiger partial charge is 0.493 e. The minimum Gasteiger partial charge on any atom is -0.493 e. The van der Waals surface area contributed by atoms with Crippen molar-refractivity contribution >= 4 is 0 Å². The number of hydrogen-bond donors (Lipinski definition) is 0. The molecule has 1 aromatic heterocycles. The van der Waals surface area contributed by atoms with Gasteiger partial charge in [0.25, 0.3) is 0 Å². The van der Waals surface area contributed by atoms with Crippen molar-refractivity contribution in [3.63, 3.8) is 0 Å². The van der Waals surface area contributed by atoms with Gasteiger partial charge >= 0.3 is 0 Å². The van der Waals surface area contributed by atoms with Gasteiger partial charge in [-0.05, 0) is 23.8 Å². The third kappa shape index (κ3) is 2.50. The summed E-state index contributed by atoms with van der Waals surface area (Å²) in [6, 6.07) is 7.46. The Kier molecular flexibility index (Phi) is 4.06. The second-order valence-electron chi connectivity index (χ2n) is 3.99. The smallest absolute Gasteiger partial charge is 0.203 e.